The van der Waals surface area contributed by atoms with E-state index in [0.29, 0.717) is 31.1 Å². The van der Waals surface area contributed by atoms with E-state index >= 15 is 0 Å². The van der Waals surface area contributed by atoms with Crippen LogP contribution in [0.15, 0.2) is 30.4 Å². The number of aromatic nitrogens is 1. The number of halogens is 1. The molecule has 0 bridgehead atoms. The van der Waals surface area contributed by atoms with Gasteiger partial charge in [-0.1, -0.05) is 25.0 Å². The highest BCUT2D eigenvalue weighted by molar-refractivity contribution is 7.91. The van der Waals surface area contributed by atoms with E-state index in [4.69, 9.17) is 18.9 Å². The third-order valence-electron chi connectivity index (χ3n) is 10.2. The van der Waals surface area contributed by atoms with Gasteiger partial charge in [0.25, 0.3) is 5.91 Å². The molecule has 2 aliphatic carbocycles. The number of benzene rings is 1. The Labute approximate surface area is 326 Å². The number of allylic oxidation sites excluding steroid dienone is 1. The van der Waals surface area contributed by atoms with Crippen molar-refractivity contribution in [2.24, 2.45) is 5.92 Å². The number of amides is 4. The zero-order chi connectivity index (χ0) is 40.6. The lowest BCUT2D eigenvalue weighted by molar-refractivity contribution is -0.141. The summed E-state index contributed by atoms with van der Waals surface area (Å²) >= 11 is 0. The summed E-state index contributed by atoms with van der Waals surface area (Å²) in [5.74, 6) is -2.92. The molecule has 3 N–H and O–H groups in total. The van der Waals surface area contributed by atoms with Crippen LogP contribution in [0.4, 0.5) is 9.18 Å². The molecule has 1 aromatic carbocycles. The molecule has 15 nitrogen and oxygen atoms in total. The van der Waals surface area contributed by atoms with Gasteiger partial charge in [0.05, 0.1) is 25.0 Å². The molecule has 2 aromatic rings. The van der Waals surface area contributed by atoms with Gasteiger partial charge in [-0.2, -0.15) is 0 Å². The molecule has 2 aliphatic heterocycles. The molecular weight excluding hydrogens is 750 g/mol. The summed E-state index contributed by atoms with van der Waals surface area (Å²) in [6.45, 7) is 8.62. The van der Waals surface area contributed by atoms with Gasteiger partial charge in [0, 0.05) is 23.8 Å². The van der Waals surface area contributed by atoms with Crippen molar-refractivity contribution in [3.05, 3.63) is 36.2 Å². The third kappa shape index (κ3) is 9.30. The van der Waals surface area contributed by atoms with Crippen LogP contribution in [-0.2, 0) is 29.1 Å². The summed E-state index contributed by atoms with van der Waals surface area (Å²) in [5.41, 5.74) is -2.25. The molecule has 3 fully saturated rings. The van der Waals surface area contributed by atoms with Crippen LogP contribution in [0.5, 0.6) is 17.4 Å². The number of alkyl carbamates (subject to hydrolysis) is 1. The monoisotopic (exact) mass is 801 g/mol. The first-order valence-electron chi connectivity index (χ1n) is 19.3. The second kappa shape index (κ2) is 16.1. The standard InChI is InChI=1S/C39H52FN5O10S/c1-22(2)53-31-19-30(26-16-17-27(40)33(52-6)32(26)42-31)54-24-18-29-34(46)43-39(36(48)44-56(50,51)25-14-15-25)20-23(39)12-10-8-7-9-11-13-28(35(47)45(29)21-24)41-37(49)55-38(3,4)5/h10,12,16-17,19,22-25,28-29H,7-9,11,13-15,18,20-21H2,1-6H3,(H,41,49)(H,43,46)(H,44,48)/b12-10-/t23-,24-,28+,29+,39-/m1/s1. The summed E-state index contributed by atoms with van der Waals surface area (Å²) in [5, 5.41) is 5.30. The zero-order valence-electron chi connectivity index (χ0n) is 32.7. The van der Waals surface area contributed by atoms with E-state index in [2.05, 4.69) is 20.3 Å². The van der Waals surface area contributed by atoms with Crippen LogP contribution in [0.1, 0.15) is 92.4 Å². The highest BCUT2D eigenvalue weighted by Crippen LogP contribution is 2.46. The van der Waals surface area contributed by atoms with Crippen molar-refractivity contribution in [3.8, 4) is 17.4 Å². The largest absolute Gasteiger partial charge is 0.491 e. The fourth-order valence-electron chi connectivity index (χ4n) is 7.26. The summed E-state index contributed by atoms with van der Waals surface area (Å²) in [6, 6.07) is 2.00. The molecule has 5 atom stereocenters. The number of carbonyl (C=O) groups excluding carboxylic acids is 4. The average Bonchev–Trinajstić information content (AvgIpc) is 4.02. The molecule has 1 aromatic heterocycles. The maximum Gasteiger partial charge on any atom is 0.408 e. The Morgan fingerprint density at radius 2 is 1.86 bits per heavy atom. The minimum absolute atomic E-state index is 0.0438. The van der Waals surface area contributed by atoms with Crippen LogP contribution in [0, 0.1) is 11.7 Å². The lowest BCUT2D eigenvalue weighted by atomic mass is 10.0. The Hall–Kier alpha value is -4.67. The van der Waals surface area contributed by atoms with Gasteiger partial charge < -0.3 is 34.5 Å². The van der Waals surface area contributed by atoms with E-state index in [1.807, 2.05) is 12.2 Å². The second-order valence-electron chi connectivity index (χ2n) is 16.3. The number of nitrogens with zero attached hydrogens (tertiary/aromatic N) is 2. The highest BCUT2D eigenvalue weighted by atomic mass is 32.2. The number of rotatable bonds is 9. The molecule has 4 aliphatic rings. The second-order valence-corrected chi connectivity index (χ2v) is 18.3. The normalized spacial score (nSPS) is 26.5. The van der Waals surface area contributed by atoms with Gasteiger partial charge >= 0.3 is 6.09 Å². The van der Waals surface area contributed by atoms with E-state index in [1.165, 1.54) is 24.1 Å². The Morgan fingerprint density at radius 1 is 1.11 bits per heavy atom. The van der Waals surface area contributed by atoms with Gasteiger partial charge in [-0.25, -0.2) is 22.6 Å². The van der Waals surface area contributed by atoms with Gasteiger partial charge in [-0.05, 0) is 85.3 Å². The number of ether oxygens (including phenoxy) is 4. The van der Waals surface area contributed by atoms with Crippen molar-refractivity contribution in [3.63, 3.8) is 0 Å². The molecule has 1 saturated heterocycles. The molecule has 3 heterocycles. The number of hydrogen-bond donors (Lipinski definition) is 3. The average molecular weight is 802 g/mol. The fraction of sp³-hybridized carbons (Fsp3) is 0.615. The molecular formula is C39H52FN5O10S. The maximum atomic E-state index is 14.8. The smallest absolute Gasteiger partial charge is 0.408 e. The minimum Gasteiger partial charge on any atom is -0.491 e. The SMILES string of the molecule is COc1c(F)ccc2c(O[C@@H]3C[C@H]4C(=O)N[C@]5(C(=O)NS(=O)(=O)C6CC6)C[C@H]5/C=C\CCCCC[C@H](NC(=O)OC(C)(C)C)C(=O)N4C3)cc(OC(C)C)nc12. The van der Waals surface area contributed by atoms with Crippen LogP contribution in [0.3, 0.4) is 0 Å². The van der Waals surface area contributed by atoms with Gasteiger partial charge in [-0.15, -0.1) is 0 Å². The van der Waals surface area contributed by atoms with E-state index in [1.54, 1.807) is 40.7 Å². The number of carbonyl (C=O) groups is 4. The van der Waals surface area contributed by atoms with Crippen molar-refractivity contribution in [2.45, 2.75) is 133 Å². The summed E-state index contributed by atoms with van der Waals surface area (Å²) in [4.78, 5) is 61.6. The van der Waals surface area contributed by atoms with E-state index in [0.717, 1.165) is 12.8 Å². The Kier molecular flexibility index (Phi) is 11.8. The van der Waals surface area contributed by atoms with Crippen LogP contribution in [-0.4, -0.2) is 96.5 Å². The molecule has 0 spiro atoms. The van der Waals surface area contributed by atoms with Gasteiger partial charge in [0.2, 0.25) is 27.7 Å². The first-order chi connectivity index (χ1) is 26.4. The number of sulfonamides is 1. The lowest BCUT2D eigenvalue weighted by Gasteiger charge is -2.30. The van der Waals surface area contributed by atoms with Gasteiger partial charge in [0.1, 0.15) is 40.6 Å². The van der Waals surface area contributed by atoms with Gasteiger partial charge in [0.15, 0.2) is 11.6 Å². The quantitative estimate of drug-likeness (QED) is 0.305. The molecule has 0 radical (unpaired) electrons. The summed E-state index contributed by atoms with van der Waals surface area (Å²) < 4.78 is 66.0. The highest BCUT2D eigenvalue weighted by Gasteiger charge is 2.62. The number of methoxy groups -OCH3 is 1. The van der Waals surface area contributed by atoms with Crippen molar-refractivity contribution in [1.82, 2.24) is 25.2 Å². The minimum atomic E-state index is -3.93. The summed E-state index contributed by atoms with van der Waals surface area (Å²) in [7, 11) is -2.61. The lowest BCUT2D eigenvalue weighted by Crippen LogP contribution is -2.58. The van der Waals surface area contributed by atoms with Crippen molar-refractivity contribution in [1.29, 1.82) is 0 Å². The van der Waals surface area contributed by atoms with Crippen molar-refractivity contribution >= 4 is 44.7 Å². The topological polar surface area (TPSA) is 192 Å². The molecule has 2 saturated carbocycles. The number of pyridine rings is 1. The predicted octanol–water partition coefficient (Wildman–Crippen LogP) is 4.41. The van der Waals surface area contributed by atoms with Crippen LogP contribution in [0.25, 0.3) is 10.9 Å². The third-order valence-corrected chi connectivity index (χ3v) is 12.0. The van der Waals surface area contributed by atoms with E-state index in [-0.39, 0.29) is 54.8 Å². The Balaban J connectivity index is 1.35. The molecule has 6 rings (SSSR count). The van der Waals surface area contributed by atoms with Crippen LogP contribution >= 0.6 is 0 Å². The molecule has 4 amide bonds. The Bertz CT molecular complexity index is 2000. The van der Waals surface area contributed by atoms with Gasteiger partial charge in [-0.3, -0.25) is 19.1 Å². The molecule has 306 valence electrons. The van der Waals surface area contributed by atoms with Crippen LogP contribution < -0.4 is 29.6 Å². The number of fused-ring (bicyclic) bond motifs is 3. The maximum absolute atomic E-state index is 14.8. The Morgan fingerprint density at radius 3 is 2.54 bits per heavy atom. The van der Waals surface area contributed by atoms with Crippen LogP contribution in [0.2, 0.25) is 0 Å². The molecule has 17 heteroatoms. The zero-order valence-corrected chi connectivity index (χ0v) is 33.5. The first kappa shape index (κ1) is 41.0. The van der Waals surface area contributed by atoms with E-state index < -0.39 is 80.2 Å². The first-order valence-corrected chi connectivity index (χ1v) is 20.8. The molecule has 56 heavy (non-hydrogen) atoms. The predicted molar refractivity (Wildman–Crippen MR) is 203 cm³/mol. The number of hydrogen-bond acceptors (Lipinski definition) is 11. The van der Waals surface area contributed by atoms with Crippen molar-refractivity contribution < 1.29 is 50.9 Å². The fourth-order valence-corrected chi connectivity index (χ4v) is 8.62. The van der Waals surface area contributed by atoms with E-state index in [9.17, 15) is 32.0 Å². The molecule has 0 unspecified atom stereocenters. The summed E-state index contributed by atoms with van der Waals surface area (Å²) in [6.07, 6.45) is 5.88. The number of nitrogens with one attached hydrogen (secondary N) is 3. The van der Waals surface area contributed by atoms with Crippen molar-refractivity contribution in [2.75, 3.05) is 13.7 Å².